The Morgan fingerprint density at radius 2 is 1.83 bits per heavy atom. The van der Waals surface area contributed by atoms with E-state index in [0.29, 0.717) is 12.8 Å². The van der Waals surface area contributed by atoms with E-state index in [4.69, 9.17) is 5.11 Å². The highest BCUT2D eigenvalue weighted by atomic mass is 16.4. The third kappa shape index (κ3) is 9.83. The molecule has 0 aromatic carbocycles. The Labute approximate surface area is 134 Å². The molecule has 1 rings (SSSR count). The number of carboxylic acids is 1. The lowest BCUT2D eigenvalue weighted by atomic mass is 10.2. The minimum atomic E-state index is -0.978. The number of aromatic nitrogens is 1. The summed E-state index contributed by atoms with van der Waals surface area (Å²) in [6, 6.07) is 5.60. The van der Waals surface area contributed by atoms with Gasteiger partial charge in [0.05, 0.1) is 13.0 Å². The normalized spacial score (nSPS) is 9.91. The van der Waals surface area contributed by atoms with Gasteiger partial charge in [-0.2, -0.15) is 0 Å². The van der Waals surface area contributed by atoms with E-state index in [-0.39, 0.29) is 25.4 Å². The van der Waals surface area contributed by atoms with Gasteiger partial charge in [0.2, 0.25) is 11.8 Å². The van der Waals surface area contributed by atoms with Crippen molar-refractivity contribution in [2.75, 3.05) is 25.0 Å². The predicted octanol–water partition coefficient (Wildman–Crippen LogP) is 0.371. The van der Waals surface area contributed by atoms with E-state index in [2.05, 4.69) is 20.9 Å². The van der Waals surface area contributed by atoms with Crippen LogP contribution in [0.3, 0.4) is 0 Å². The quantitative estimate of drug-likeness (QED) is 0.437. The number of carbonyl (C=O) groups excluding carboxylic acids is 2. The molecule has 0 saturated carbocycles. The first-order valence-corrected chi connectivity index (χ1v) is 7.48. The highest BCUT2D eigenvalue weighted by molar-refractivity contribution is 5.84. The second-order valence-corrected chi connectivity index (χ2v) is 4.87. The van der Waals surface area contributed by atoms with Crippen molar-refractivity contribution in [3.8, 4) is 0 Å². The summed E-state index contributed by atoms with van der Waals surface area (Å²) >= 11 is 0. The van der Waals surface area contributed by atoms with Crippen LogP contribution in [0.15, 0.2) is 24.4 Å². The molecule has 2 amide bonds. The van der Waals surface area contributed by atoms with Crippen LogP contribution in [-0.4, -0.2) is 47.5 Å². The van der Waals surface area contributed by atoms with Gasteiger partial charge >= 0.3 is 5.97 Å². The molecule has 0 aliphatic carbocycles. The molecular weight excluding hydrogens is 300 g/mol. The summed E-state index contributed by atoms with van der Waals surface area (Å²) in [5.41, 5.74) is 0. The van der Waals surface area contributed by atoms with Gasteiger partial charge in [0, 0.05) is 25.7 Å². The van der Waals surface area contributed by atoms with Gasteiger partial charge in [0.15, 0.2) is 0 Å². The van der Waals surface area contributed by atoms with Crippen molar-refractivity contribution in [1.82, 2.24) is 15.6 Å². The first kappa shape index (κ1) is 18.4. The first-order valence-electron chi connectivity index (χ1n) is 7.48. The molecule has 0 spiro atoms. The number of carbonyl (C=O) groups is 3. The summed E-state index contributed by atoms with van der Waals surface area (Å²) < 4.78 is 0. The van der Waals surface area contributed by atoms with Crippen LogP contribution in [0, 0.1) is 0 Å². The summed E-state index contributed by atoms with van der Waals surface area (Å²) in [6.45, 7) is 0.647. The number of aliphatic carboxylic acids is 1. The lowest BCUT2D eigenvalue weighted by Gasteiger charge is -2.07. The molecule has 8 nitrogen and oxygen atoms in total. The number of hydrogen-bond donors (Lipinski definition) is 4. The average Bonchev–Trinajstić information content (AvgIpc) is 2.53. The molecule has 1 aromatic heterocycles. The molecule has 0 aliphatic rings. The molecule has 0 unspecified atom stereocenters. The predicted molar refractivity (Wildman–Crippen MR) is 84.8 cm³/mol. The number of carboxylic acid groups (broad SMARTS) is 1. The van der Waals surface area contributed by atoms with E-state index in [9.17, 15) is 14.4 Å². The van der Waals surface area contributed by atoms with Crippen LogP contribution in [0.2, 0.25) is 0 Å². The van der Waals surface area contributed by atoms with Gasteiger partial charge < -0.3 is 21.1 Å². The maximum Gasteiger partial charge on any atom is 0.305 e. The lowest BCUT2D eigenvalue weighted by molar-refractivity contribution is -0.137. The van der Waals surface area contributed by atoms with E-state index < -0.39 is 11.9 Å². The molecule has 0 saturated heterocycles. The highest BCUT2D eigenvalue weighted by Crippen LogP contribution is 2.01. The number of rotatable bonds is 11. The summed E-state index contributed by atoms with van der Waals surface area (Å²) in [4.78, 5) is 37.3. The average molecular weight is 322 g/mol. The standard InChI is InChI=1S/C15H22N4O4/c20-13(19-11-14(21)18-10-7-15(22)23)6-2-4-9-17-12-5-1-3-8-16-12/h1,3,5,8H,2,4,6-7,9-11H2,(H,16,17)(H,18,21)(H,19,20)(H,22,23). The van der Waals surface area contributed by atoms with E-state index in [1.165, 1.54) is 0 Å². The summed E-state index contributed by atoms with van der Waals surface area (Å²) in [7, 11) is 0. The molecule has 23 heavy (non-hydrogen) atoms. The second-order valence-electron chi connectivity index (χ2n) is 4.87. The Hall–Kier alpha value is -2.64. The first-order chi connectivity index (χ1) is 11.1. The number of amides is 2. The largest absolute Gasteiger partial charge is 0.481 e. The molecule has 0 atom stereocenters. The van der Waals surface area contributed by atoms with Crippen LogP contribution in [0.1, 0.15) is 25.7 Å². The van der Waals surface area contributed by atoms with E-state index in [1.807, 2.05) is 18.2 Å². The number of anilines is 1. The van der Waals surface area contributed by atoms with Gasteiger partial charge in [0.25, 0.3) is 0 Å². The topological polar surface area (TPSA) is 120 Å². The van der Waals surface area contributed by atoms with E-state index in [0.717, 1.165) is 18.8 Å². The highest BCUT2D eigenvalue weighted by Gasteiger charge is 2.06. The van der Waals surface area contributed by atoms with Crippen LogP contribution in [0.5, 0.6) is 0 Å². The summed E-state index contributed by atoms with van der Waals surface area (Å²) in [5, 5.41) is 16.5. The van der Waals surface area contributed by atoms with Crippen LogP contribution in [0.25, 0.3) is 0 Å². The van der Waals surface area contributed by atoms with Crippen LogP contribution < -0.4 is 16.0 Å². The Balaban J connectivity index is 1.99. The maximum absolute atomic E-state index is 11.5. The molecule has 126 valence electrons. The number of pyridine rings is 1. The zero-order valence-electron chi connectivity index (χ0n) is 12.9. The van der Waals surface area contributed by atoms with Crippen molar-refractivity contribution in [3.63, 3.8) is 0 Å². The number of nitrogens with one attached hydrogen (secondary N) is 3. The minimum absolute atomic E-state index is 0.0588. The zero-order chi connectivity index (χ0) is 16.9. The minimum Gasteiger partial charge on any atom is -0.481 e. The molecule has 4 N–H and O–H groups in total. The molecular formula is C15H22N4O4. The molecule has 8 heteroatoms. The molecule has 0 bridgehead atoms. The smallest absolute Gasteiger partial charge is 0.305 e. The van der Waals surface area contributed by atoms with E-state index in [1.54, 1.807) is 6.20 Å². The van der Waals surface area contributed by atoms with Crippen molar-refractivity contribution in [1.29, 1.82) is 0 Å². The zero-order valence-corrected chi connectivity index (χ0v) is 12.9. The Morgan fingerprint density at radius 3 is 2.52 bits per heavy atom. The molecule has 1 aromatic rings. The molecule has 0 radical (unpaired) electrons. The van der Waals surface area contributed by atoms with E-state index >= 15 is 0 Å². The number of hydrogen-bond acceptors (Lipinski definition) is 5. The third-order valence-corrected chi connectivity index (χ3v) is 2.91. The van der Waals surface area contributed by atoms with Crippen LogP contribution in [0.4, 0.5) is 5.82 Å². The van der Waals surface area contributed by atoms with Crippen molar-refractivity contribution >= 4 is 23.6 Å². The van der Waals surface area contributed by atoms with Crippen molar-refractivity contribution < 1.29 is 19.5 Å². The lowest BCUT2D eigenvalue weighted by Crippen LogP contribution is -2.37. The third-order valence-electron chi connectivity index (χ3n) is 2.91. The van der Waals surface area contributed by atoms with Crippen LogP contribution >= 0.6 is 0 Å². The summed E-state index contributed by atoms with van der Waals surface area (Å²) in [5.74, 6) is -0.767. The Kier molecular flexibility index (Phi) is 8.80. The SMILES string of the molecule is O=C(O)CCNC(=O)CNC(=O)CCCCNc1ccccn1. The second kappa shape index (κ2) is 11.0. The van der Waals surface area contributed by atoms with Gasteiger partial charge in [-0.25, -0.2) is 4.98 Å². The molecule has 1 heterocycles. The molecule has 0 aliphatic heterocycles. The fourth-order valence-corrected chi connectivity index (χ4v) is 1.73. The molecule has 0 fully saturated rings. The van der Waals surface area contributed by atoms with Gasteiger partial charge in [-0.15, -0.1) is 0 Å². The Morgan fingerprint density at radius 1 is 1.00 bits per heavy atom. The maximum atomic E-state index is 11.5. The Bertz CT molecular complexity index is 507. The number of nitrogens with zero attached hydrogens (tertiary/aromatic N) is 1. The van der Waals surface area contributed by atoms with Gasteiger partial charge in [-0.1, -0.05) is 6.07 Å². The van der Waals surface area contributed by atoms with Crippen molar-refractivity contribution in [3.05, 3.63) is 24.4 Å². The van der Waals surface area contributed by atoms with Crippen molar-refractivity contribution in [2.45, 2.75) is 25.7 Å². The monoisotopic (exact) mass is 322 g/mol. The summed E-state index contributed by atoms with van der Waals surface area (Å²) in [6.07, 6.45) is 3.42. The van der Waals surface area contributed by atoms with Gasteiger partial charge in [-0.3, -0.25) is 14.4 Å². The van der Waals surface area contributed by atoms with Crippen LogP contribution in [-0.2, 0) is 14.4 Å². The number of unbranched alkanes of at least 4 members (excludes halogenated alkanes) is 1. The fraction of sp³-hybridized carbons (Fsp3) is 0.467. The van der Waals surface area contributed by atoms with Gasteiger partial charge in [0.1, 0.15) is 5.82 Å². The van der Waals surface area contributed by atoms with Gasteiger partial charge in [-0.05, 0) is 25.0 Å². The fourth-order valence-electron chi connectivity index (χ4n) is 1.73. The van der Waals surface area contributed by atoms with Crippen molar-refractivity contribution in [2.24, 2.45) is 0 Å².